The number of hydrogen-bond donors (Lipinski definition) is 4. The summed E-state index contributed by atoms with van der Waals surface area (Å²) in [7, 11) is 0. The number of benzene rings is 1. The van der Waals surface area contributed by atoms with Crippen LogP contribution in [0.5, 0.6) is 0 Å². The van der Waals surface area contributed by atoms with Gasteiger partial charge in [-0.2, -0.15) is 0 Å². The fourth-order valence-electron chi connectivity index (χ4n) is 2.00. The topological polar surface area (TPSA) is 108 Å². The van der Waals surface area contributed by atoms with Crippen LogP contribution in [0.15, 0.2) is 18.2 Å². The fraction of sp³-hybridized carbons (Fsp3) is 0.438. The number of hydrogen-bond acceptors (Lipinski definition) is 3. The fourth-order valence-corrected chi connectivity index (χ4v) is 2.00. The second-order valence-electron chi connectivity index (χ2n) is 5.66. The molecule has 0 spiro atoms. The van der Waals surface area contributed by atoms with Crippen molar-refractivity contribution < 1.29 is 19.5 Å². The van der Waals surface area contributed by atoms with Crippen LogP contribution in [0.25, 0.3) is 0 Å². The number of amides is 3. The van der Waals surface area contributed by atoms with E-state index in [1.807, 2.05) is 6.92 Å². The molecule has 7 heteroatoms. The van der Waals surface area contributed by atoms with Crippen molar-refractivity contribution in [2.24, 2.45) is 0 Å². The zero-order chi connectivity index (χ0) is 16.8. The molecule has 0 heterocycles. The van der Waals surface area contributed by atoms with E-state index in [0.29, 0.717) is 17.7 Å². The molecule has 1 saturated carbocycles. The number of rotatable bonds is 7. The van der Waals surface area contributed by atoms with Gasteiger partial charge in [0, 0.05) is 30.3 Å². The molecule has 7 nitrogen and oxygen atoms in total. The number of urea groups is 1. The van der Waals surface area contributed by atoms with E-state index < -0.39 is 12.0 Å². The molecule has 1 fully saturated rings. The minimum absolute atomic E-state index is 0.0101. The van der Waals surface area contributed by atoms with Gasteiger partial charge in [0.05, 0.1) is 0 Å². The van der Waals surface area contributed by atoms with Crippen molar-refractivity contribution in [3.8, 4) is 0 Å². The predicted molar refractivity (Wildman–Crippen MR) is 85.6 cm³/mol. The SMILES string of the molecule is Cc1ccc(C(=O)NC2CC2)cc1NC(=O)NCCCC(=O)O. The van der Waals surface area contributed by atoms with Gasteiger partial charge in [0.25, 0.3) is 5.91 Å². The number of anilines is 1. The molecule has 1 aromatic carbocycles. The Kier molecular flexibility index (Phi) is 5.56. The highest BCUT2D eigenvalue weighted by Gasteiger charge is 2.24. The van der Waals surface area contributed by atoms with Crippen LogP contribution >= 0.6 is 0 Å². The standard InChI is InChI=1S/C16H21N3O4/c1-10-4-5-11(15(22)18-12-6-7-12)9-13(10)19-16(23)17-8-2-3-14(20)21/h4-5,9,12H,2-3,6-8H2,1H3,(H,18,22)(H,20,21)(H2,17,19,23). The summed E-state index contributed by atoms with van der Waals surface area (Å²) in [5.41, 5.74) is 1.90. The van der Waals surface area contributed by atoms with Crippen molar-refractivity contribution in [2.75, 3.05) is 11.9 Å². The Morgan fingerprint density at radius 2 is 2.00 bits per heavy atom. The van der Waals surface area contributed by atoms with Crippen molar-refractivity contribution in [2.45, 2.75) is 38.6 Å². The highest BCUT2D eigenvalue weighted by Crippen LogP contribution is 2.21. The summed E-state index contributed by atoms with van der Waals surface area (Å²) in [6.45, 7) is 2.11. The third-order valence-electron chi connectivity index (χ3n) is 3.51. The summed E-state index contributed by atoms with van der Waals surface area (Å²) in [4.78, 5) is 34.2. The molecule has 2 rings (SSSR count). The lowest BCUT2D eigenvalue weighted by Gasteiger charge is -2.11. The largest absolute Gasteiger partial charge is 0.481 e. The zero-order valence-electron chi connectivity index (χ0n) is 13.0. The number of carbonyl (C=O) groups is 3. The molecular formula is C16H21N3O4. The minimum atomic E-state index is -0.891. The average Bonchev–Trinajstić information content (AvgIpc) is 3.29. The van der Waals surface area contributed by atoms with E-state index in [9.17, 15) is 14.4 Å². The minimum Gasteiger partial charge on any atom is -0.481 e. The number of aliphatic carboxylic acids is 1. The van der Waals surface area contributed by atoms with Crippen LogP contribution in [0.2, 0.25) is 0 Å². The molecule has 4 N–H and O–H groups in total. The van der Waals surface area contributed by atoms with Gasteiger partial charge < -0.3 is 21.1 Å². The third kappa shape index (κ3) is 5.61. The Bertz CT molecular complexity index is 611. The van der Waals surface area contributed by atoms with Crippen LogP contribution in [0.1, 0.15) is 41.6 Å². The van der Waals surface area contributed by atoms with Crippen molar-refractivity contribution in [3.05, 3.63) is 29.3 Å². The van der Waals surface area contributed by atoms with Crippen molar-refractivity contribution in [3.63, 3.8) is 0 Å². The summed E-state index contributed by atoms with van der Waals surface area (Å²) >= 11 is 0. The molecule has 0 atom stereocenters. The lowest BCUT2D eigenvalue weighted by molar-refractivity contribution is -0.137. The maximum Gasteiger partial charge on any atom is 0.319 e. The van der Waals surface area contributed by atoms with Crippen molar-refractivity contribution >= 4 is 23.6 Å². The Morgan fingerprint density at radius 1 is 1.26 bits per heavy atom. The van der Waals surface area contributed by atoms with Gasteiger partial charge in [0.2, 0.25) is 0 Å². The lowest BCUT2D eigenvalue weighted by Crippen LogP contribution is -2.30. The monoisotopic (exact) mass is 319 g/mol. The Morgan fingerprint density at radius 3 is 2.65 bits per heavy atom. The maximum absolute atomic E-state index is 12.0. The highest BCUT2D eigenvalue weighted by atomic mass is 16.4. The molecule has 0 radical (unpaired) electrons. The molecule has 0 bridgehead atoms. The van der Waals surface area contributed by atoms with Crippen molar-refractivity contribution in [1.82, 2.24) is 10.6 Å². The van der Waals surface area contributed by atoms with Crippen LogP contribution in [0.4, 0.5) is 10.5 Å². The predicted octanol–water partition coefficient (Wildman–Crippen LogP) is 1.87. The lowest BCUT2D eigenvalue weighted by atomic mass is 10.1. The number of carboxylic acid groups (broad SMARTS) is 1. The van der Waals surface area contributed by atoms with Crippen LogP contribution in [0.3, 0.4) is 0 Å². The quantitative estimate of drug-likeness (QED) is 0.575. The van der Waals surface area contributed by atoms with Crippen LogP contribution in [-0.2, 0) is 4.79 Å². The average molecular weight is 319 g/mol. The Hall–Kier alpha value is -2.57. The van der Waals surface area contributed by atoms with Crippen molar-refractivity contribution in [1.29, 1.82) is 0 Å². The van der Waals surface area contributed by atoms with Gasteiger partial charge in [-0.3, -0.25) is 9.59 Å². The summed E-state index contributed by atoms with van der Waals surface area (Å²) in [6, 6.07) is 5.00. The third-order valence-corrected chi connectivity index (χ3v) is 3.51. The highest BCUT2D eigenvalue weighted by molar-refractivity contribution is 5.97. The molecule has 0 aromatic heterocycles. The van der Waals surface area contributed by atoms with Gasteiger partial charge in [-0.1, -0.05) is 6.07 Å². The normalized spacial score (nSPS) is 13.3. The van der Waals surface area contributed by atoms with Gasteiger partial charge in [0.15, 0.2) is 0 Å². The van der Waals surface area contributed by atoms with Gasteiger partial charge >= 0.3 is 12.0 Å². The maximum atomic E-state index is 12.0. The Labute approximate surface area is 134 Å². The molecule has 0 unspecified atom stereocenters. The molecule has 0 aliphatic heterocycles. The first-order chi connectivity index (χ1) is 11.0. The van der Waals surface area contributed by atoms with E-state index in [-0.39, 0.29) is 24.9 Å². The van der Waals surface area contributed by atoms with Gasteiger partial charge in [-0.25, -0.2) is 4.79 Å². The summed E-state index contributed by atoms with van der Waals surface area (Å²) in [5, 5.41) is 16.7. The first-order valence-electron chi connectivity index (χ1n) is 7.64. The molecule has 0 saturated heterocycles. The second kappa shape index (κ2) is 7.62. The van der Waals surface area contributed by atoms with E-state index in [1.54, 1.807) is 18.2 Å². The van der Waals surface area contributed by atoms with Crippen LogP contribution in [-0.4, -0.2) is 35.6 Å². The van der Waals surface area contributed by atoms with Crippen LogP contribution < -0.4 is 16.0 Å². The summed E-state index contributed by atoms with van der Waals surface area (Å²) in [6.07, 6.45) is 2.41. The summed E-state index contributed by atoms with van der Waals surface area (Å²) < 4.78 is 0. The first kappa shape index (κ1) is 16.8. The van der Waals surface area contributed by atoms with E-state index >= 15 is 0 Å². The van der Waals surface area contributed by atoms with Gasteiger partial charge in [-0.15, -0.1) is 0 Å². The van der Waals surface area contributed by atoms with Gasteiger partial charge in [-0.05, 0) is 43.9 Å². The molecular weight excluding hydrogens is 298 g/mol. The number of carboxylic acids is 1. The molecule has 1 aliphatic carbocycles. The molecule has 23 heavy (non-hydrogen) atoms. The number of nitrogens with one attached hydrogen (secondary N) is 3. The Balaban J connectivity index is 1.88. The smallest absolute Gasteiger partial charge is 0.319 e. The van der Waals surface area contributed by atoms with E-state index in [1.165, 1.54) is 0 Å². The zero-order valence-corrected chi connectivity index (χ0v) is 13.0. The molecule has 124 valence electrons. The molecule has 1 aliphatic rings. The number of carbonyl (C=O) groups excluding carboxylic acids is 2. The molecule has 1 aromatic rings. The first-order valence-corrected chi connectivity index (χ1v) is 7.64. The number of aryl methyl sites for hydroxylation is 1. The molecule has 3 amide bonds. The van der Waals surface area contributed by atoms with Gasteiger partial charge in [0.1, 0.15) is 0 Å². The van der Waals surface area contributed by atoms with Crippen LogP contribution in [0, 0.1) is 6.92 Å². The summed E-state index contributed by atoms with van der Waals surface area (Å²) in [5.74, 6) is -1.03. The van der Waals surface area contributed by atoms with E-state index in [0.717, 1.165) is 18.4 Å². The second-order valence-corrected chi connectivity index (χ2v) is 5.66. The van der Waals surface area contributed by atoms with E-state index in [4.69, 9.17) is 5.11 Å². The van der Waals surface area contributed by atoms with E-state index in [2.05, 4.69) is 16.0 Å².